The zero-order valence-electron chi connectivity index (χ0n) is 13.8. The number of hydrogen-bond donors (Lipinski definition) is 1. The van der Waals surface area contributed by atoms with Crippen LogP contribution in [-0.4, -0.2) is 17.7 Å². The van der Waals surface area contributed by atoms with Crippen LogP contribution in [0.4, 0.5) is 0 Å². The number of allylic oxidation sites excluding steroid dienone is 2. The maximum atomic E-state index is 11.7. The zero-order chi connectivity index (χ0) is 15.5. The van der Waals surface area contributed by atoms with Crippen LogP contribution in [0, 0.1) is 34.5 Å². The summed E-state index contributed by atoms with van der Waals surface area (Å²) in [5, 5.41) is 10.3. The quantitative estimate of drug-likeness (QED) is 0.681. The third-order valence-corrected chi connectivity index (χ3v) is 7.92. The number of carbonyl (C=O) groups excluding carboxylic acids is 1. The lowest BCUT2D eigenvalue weighted by molar-refractivity contribution is -0.144. The number of ether oxygens (including phenoxy) is 1. The summed E-state index contributed by atoms with van der Waals surface area (Å²) in [6, 6.07) is 0. The van der Waals surface area contributed by atoms with E-state index in [1.807, 2.05) is 0 Å². The number of rotatable bonds is 0. The van der Waals surface area contributed by atoms with Crippen molar-refractivity contribution in [1.29, 1.82) is 0 Å². The van der Waals surface area contributed by atoms with E-state index in [1.165, 1.54) is 19.3 Å². The van der Waals surface area contributed by atoms with Gasteiger partial charge in [-0.3, -0.25) is 4.79 Å². The van der Waals surface area contributed by atoms with Gasteiger partial charge in [0.2, 0.25) is 0 Å². The molecule has 1 heterocycles. The van der Waals surface area contributed by atoms with E-state index in [0.717, 1.165) is 19.3 Å². The van der Waals surface area contributed by atoms with E-state index in [9.17, 15) is 9.90 Å². The number of cyclic esters (lactones) is 1. The molecule has 4 rings (SSSR count). The number of carbonyl (C=O) groups is 1. The van der Waals surface area contributed by atoms with E-state index in [2.05, 4.69) is 19.9 Å². The van der Waals surface area contributed by atoms with Crippen molar-refractivity contribution in [3.63, 3.8) is 0 Å². The molecule has 0 spiro atoms. The number of aliphatic hydroxyl groups excluding tert-OH is 1. The predicted molar refractivity (Wildman–Crippen MR) is 84.2 cm³/mol. The molecule has 0 aromatic rings. The summed E-state index contributed by atoms with van der Waals surface area (Å²) in [7, 11) is 0. The Morgan fingerprint density at radius 3 is 2.82 bits per heavy atom. The Hall–Kier alpha value is -0.990. The molecular formula is C19H28O3. The second-order valence-corrected chi connectivity index (χ2v) is 8.62. The fraction of sp³-hybridized carbons (Fsp3) is 0.842. The van der Waals surface area contributed by atoms with Crippen molar-refractivity contribution >= 4 is 5.97 Å². The van der Waals surface area contributed by atoms with E-state index >= 15 is 0 Å². The minimum atomic E-state index is -0.00648. The summed E-state index contributed by atoms with van der Waals surface area (Å²) in [6.07, 6.45) is 9.39. The Kier molecular flexibility index (Phi) is 3.15. The summed E-state index contributed by atoms with van der Waals surface area (Å²) >= 11 is 0. The smallest absolute Gasteiger partial charge is 0.305 e. The third-order valence-electron chi connectivity index (χ3n) is 7.92. The van der Waals surface area contributed by atoms with Gasteiger partial charge >= 0.3 is 5.97 Å². The fourth-order valence-electron chi connectivity index (χ4n) is 6.38. The molecule has 1 saturated heterocycles. The van der Waals surface area contributed by atoms with Crippen LogP contribution >= 0.6 is 0 Å². The van der Waals surface area contributed by atoms with Crippen LogP contribution in [0.2, 0.25) is 0 Å². The lowest BCUT2D eigenvalue weighted by Crippen LogP contribution is -2.51. The van der Waals surface area contributed by atoms with Gasteiger partial charge in [-0.25, -0.2) is 0 Å². The van der Waals surface area contributed by atoms with Crippen molar-refractivity contribution in [1.82, 2.24) is 0 Å². The molecule has 1 aliphatic heterocycles. The molecule has 3 heteroatoms. The van der Waals surface area contributed by atoms with Crippen molar-refractivity contribution in [3.05, 3.63) is 11.8 Å². The topological polar surface area (TPSA) is 46.5 Å². The van der Waals surface area contributed by atoms with Gasteiger partial charge in [0.25, 0.3) is 0 Å². The van der Waals surface area contributed by atoms with Crippen molar-refractivity contribution in [2.24, 2.45) is 34.5 Å². The molecule has 0 unspecified atom stereocenters. The number of fused-ring (bicyclic) bond motifs is 5. The van der Waals surface area contributed by atoms with E-state index in [1.54, 1.807) is 0 Å². The van der Waals surface area contributed by atoms with Crippen LogP contribution in [0.25, 0.3) is 0 Å². The maximum absolute atomic E-state index is 11.7. The standard InChI is InChI=1S/C19H28O3/c1-18-10-8-17(21)22-11-12(18)3-4-13-14-5-6-16(20)19(14,2)9-7-15(13)18/h6,12-15,20H,3-5,7-11H2,1-2H3/t12-,13-,14-,15-,18-,19-/m0/s1. The van der Waals surface area contributed by atoms with Gasteiger partial charge < -0.3 is 9.84 Å². The Labute approximate surface area is 133 Å². The van der Waals surface area contributed by atoms with Gasteiger partial charge in [0.15, 0.2) is 0 Å². The Morgan fingerprint density at radius 2 is 2.00 bits per heavy atom. The van der Waals surface area contributed by atoms with Gasteiger partial charge in [-0.15, -0.1) is 0 Å². The van der Waals surface area contributed by atoms with Gasteiger partial charge in [-0.1, -0.05) is 13.8 Å². The van der Waals surface area contributed by atoms with Crippen molar-refractivity contribution in [3.8, 4) is 0 Å². The average Bonchev–Trinajstić information content (AvgIpc) is 2.70. The predicted octanol–water partition coefficient (Wildman–Crippen LogP) is 4.23. The summed E-state index contributed by atoms with van der Waals surface area (Å²) in [5.74, 6) is 3.17. The van der Waals surface area contributed by atoms with Gasteiger partial charge in [0.1, 0.15) is 0 Å². The van der Waals surface area contributed by atoms with Gasteiger partial charge in [-0.05, 0) is 73.7 Å². The lowest BCUT2D eigenvalue weighted by Gasteiger charge is -2.57. The SMILES string of the molecule is C[C@]12CCC(=O)OC[C@@H]1CC[C@@H]1[C@@H]2CC[C@]2(C)C(O)=CC[C@@H]12. The van der Waals surface area contributed by atoms with Gasteiger partial charge in [-0.2, -0.15) is 0 Å². The summed E-state index contributed by atoms with van der Waals surface area (Å²) in [4.78, 5) is 11.7. The second-order valence-electron chi connectivity index (χ2n) is 8.62. The maximum Gasteiger partial charge on any atom is 0.305 e. The summed E-state index contributed by atoms with van der Waals surface area (Å²) < 4.78 is 5.45. The minimum absolute atomic E-state index is 0.00648. The molecule has 3 fully saturated rings. The molecule has 1 N–H and O–H groups in total. The first kappa shape index (κ1) is 14.6. The molecule has 0 amide bonds. The van der Waals surface area contributed by atoms with E-state index in [4.69, 9.17) is 4.74 Å². The Morgan fingerprint density at radius 1 is 1.18 bits per heavy atom. The number of esters is 1. The Balaban J connectivity index is 1.64. The average molecular weight is 304 g/mol. The molecule has 2 saturated carbocycles. The highest BCUT2D eigenvalue weighted by atomic mass is 16.5. The van der Waals surface area contributed by atoms with Crippen LogP contribution in [0.1, 0.15) is 58.8 Å². The molecule has 0 bridgehead atoms. The largest absolute Gasteiger partial charge is 0.512 e. The lowest BCUT2D eigenvalue weighted by atomic mass is 9.47. The highest BCUT2D eigenvalue weighted by Gasteiger charge is 2.58. The van der Waals surface area contributed by atoms with Gasteiger partial charge in [0.05, 0.1) is 12.4 Å². The summed E-state index contributed by atoms with van der Waals surface area (Å²) in [5.41, 5.74) is 0.260. The molecule has 4 aliphatic rings. The number of hydrogen-bond acceptors (Lipinski definition) is 3. The first-order valence-corrected chi connectivity index (χ1v) is 9.00. The van der Waals surface area contributed by atoms with Crippen molar-refractivity contribution in [2.75, 3.05) is 6.61 Å². The van der Waals surface area contributed by atoms with E-state index in [-0.39, 0.29) is 16.8 Å². The molecule has 3 aliphatic carbocycles. The molecule has 0 aromatic carbocycles. The van der Waals surface area contributed by atoms with Crippen LogP contribution in [0.3, 0.4) is 0 Å². The molecule has 22 heavy (non-hydrogen) atoms. The van der Waals surface area contributed by atoms with Crippen molar-refractivity contribution in [2.45, 2.75) is 58.8 Å². The minimum Gasteiger partial charge on any atom is -0.512 e. The Bertz CT molecular complexity index is 525. The molecule has 3 nitrogen and oxygen atoms in total. The first-order valence-electron chi connectivity index (χ1n) is 9.00. The first-order chi connectivity index (χ1) is 10.4. The van der Waals surface area contributed by atoms with Crippen molar-refractivity contribution < 1.29 is 14.6 Å². The monoisotopic (exact) mass is 304 g/mol. The third kappa shape index (κ3) is 1.83. The molecule has 0 radical (unpaired) electrons. The van der Waals surface area contributed by atoms with Crippen LogP contribution in [-0.2, 0) is 9.53 Å². The van der Waals surface area contributed by atoms with E-state index in [0.29, 0.717) is 42.5 Å². The van der Waals surface area contributed by atoms with Gasteiger partial charge in [0, 0.05) is 11.8 Å². The molecule has 0 aromatic heterocycles. The van der Waals surface area contributed by atoms with Crippen LogP contribution in [0.15, 0.2) is 11.8 Å². The molecular weight excluding hydrogens is 276 g/mol. The van der Waals surface area contributed by atoms with E-state index < -0.39 is 0 Å². The highest BCUT2D eigenvalue weighted by Crippen LogP contribution is 2.64. The zero-order valence-corrected chi connectivity index (χ0v) is 13.8. The highest BCUT2D eigenvalue weighted by molar-refractivity contribution is 5.69. The normalized spacial score (nSPS) is 51.0. The van der Waals surface area contributed by atoms with Crippen LogP contribution < -0.4 is 0 Å². The second kappa shape index (κ2) is 4.75. The molecule has 6 atom stereocenters. The molecule has 122 valence electrons. The summed E-state index contributed by atoms with van der Waals surface area (Å²) in [6.45, 7) is 5.31. The number of aliphatic hydroxyl groups is 1. The fourth-order valence-corrected chi connectivity index (χ4v) is 6.38. The van der Waals surface area contributed by atoms with Crippen LogP contribution in [0.5, 0.6) is 0 Å².